The lowest BCUT2D eigenvalue weighted by Gasteiger charge is -2.14. The molecular formula is C9H15F3N2O. The van der Waals surface area contributed by atoms with E-state index in [4.69, 9.17) is 0 Å². The van der Waals surface area contributed by atoms with Gasteiger partial charge >= 0.3 is 12.2 Å². The molecule has 88 valence electrons. The van der Waals surface area contributed by atoms with Crippen molar-refractivity contribution >= 4 is 6.03 Å². The molecule has 6 heteroatoms. The van der Waals surface area contributed by atoms with Crippen molar-refractivity contribution in [3.8, 4) is 0 Å². The van der Waals surface area contributed by atoms with E-state index in [1.807, 2.05) is 0 Å². The minimum Gasteiger partial charge on any atom is -0.336 e. The lowest BCUT2D eigenvalue weighted by Crippen LogP contribution is -2.44. The predicted octanol–water partition coefficient (Wildman–Crippen LogP) is 2.04. The second-order valence-electron chi connectivity index (χ2n) is 4.02. The number of urea groups is 1. The molecule has 3 nitrogen and oxygen atoms in total. The highest BCUT2D eigenvalue weighted by Crippen LogP contribution is 2.33. The lowest BCUT2D eigenvalue weighted by atomic mass is 10.2. The largest absolute Gasteiger partial charge is 0.405 e. The molecule has 1 fully saturated rings. The third kappa shape index (κ3) is 6.19. The van der Waals surface area contributed by atoms with Crippen molar-refractivity contribution in [1.29, 1.82) is 0 Å². The summed E-state index contributed by atoms with van der Waals surface area (Å²) in [4.78, 5) is 11.0. The van der Waals surface area contributed by atoms with Crippen LogP contribution in [0.1, 0.15) is 26.2 Å². The fourth-order valence-electron chi connectivity index (χ4n) is 1.37. The van der Waals surface area contributed by atoms with E-state index in [2.05, 4.69) is 5.32 Å². The highest BCUT2D eigenvalue weighted by atomic mass is 19.4. The van der Waals surface area contributed by atoms with Gasteiger partial charge in [0.25, 0.3) is 0 Å². The summed E-state index contributed by atoms with van der Waals surface area (Å²) < 4.78 is 35.2. The first kappa shape index (κ1) is 12.1. The van der Waals surface area contributed by atoms with Crippen molar-refractivity contribution < 1.29 is 18.0 Å². The lowest BCUT2D eigenvalue weighted by molar-refractivity contribution is -0.122. The number of hydrogen-bond acceptors (Lipinski definition) is 1. The topological polar surface area (TPSA) is 41.1 Å². The molecule has 0 radical (unpaired) electrons. The normalized spacial score (nSPS) is 18.4. The molecule has 0 heterocycles. The van der Waals surface area contributed by atoms with E-state index < -0.39 is 18.8 Å². The molecule has 1 unspecified atom stereocenters. The molecule has 0 aromatic rings. The summed E-state index contributed by atoms with van der Waals surface area (Å²) in [7, 11) is 0. The number of alkyl halides is 3. The van der Waals surface area contributed by atoms with Gasteiger partial charge in [-0.25, -0.2) is 4.79 Å². The Morgan fingerprint density at radius 1 is 1.47 bits per heavy atom. The Bertz CT molecular complexity index is 226. The van der Waals surface area contributed by atoms with Crippen molar-refractivity contribution in [3.63, 3.8) is 0 Å². The van der Waals surface area contributed by atoms with E-state index in [0.29, 0.717) is 5.92 Å². The van der Waals surface area contributed by atoms with Gasteiger partial charge in [0, 0.05) is 6.04 Å². The quantitative estimate of drug-likeness (QED) is 0.753. The van der Waals surface area contributed by atoms with Gasteiger partial charge in [0.2, 0.25) is 0 Å². The van der Waals surface area contributed by atoms with Gasteiger partial charge in [-0.1, -0.05) is 12.8 Å². The van der Waals surface area contributed by atoms with Gasteiger partial charge in [0.1, 0.15) is 6.54 Å². The molecule has 0 aliphatic heterocycles. The Labute approximate surface area is 86.4 Å². The Hall–Kier alpha value is -0.940. The average Bonchev–Trinajstić information content (AvgIpc) is 2.83. The molecule has 0 spiro atoms. The van der Waals surface area contributed by atoms with Crippen LogP contribution in [0.25, 0.3) is 0 Å². The van der Waals surface area contributed by atoms with Crippen molar-refractivity contribution in [2.45, 2.75) is 38.4 Å². The highest BCUT2D eigenvalue weighted by Gasteiger charge is 2.28. The van der Waals surface area contributed by atoms with Gasteiger partial charge in [0.15, 0.2) is 0 Å². The van der Waals surface area contributed by atoms with Crippen LogP contribution in [0.3, 0.4) is 0 Å². The summed E-state index contributed by atoms with van der Waals surface area (Å²) in [6.45, 7) is 0.514. The second kappa shape index (κ2) is 4.72. The molecule has 0 saturated heterocycles. The third-order valence-electron chi connectivity index (χ3n) is 2.21. The van der Waals surface area contributed by atoms with Gasteiger partial charge < -0.3 is 10.6 Å². The average molecular weight is 224 g/mol. The molecule has 1 rings (SSSR count). The van der Waals surface area contributed by atoms with Crippen LogP contribution in [-0.2, 0) is 0 Å². The number of rotatable bonds is 4. The zero-order valence-electron chi connectivity index (χ0n) is 8.53. The number of halogens is 3. The molecule has 2 amide bonds. The van der Waals surface area contributed by atoms with Gasteiger partial charge in [-0.15, -0.1) is 0 Å². The Balaban J connectivity index is 2.11. The van der Waals surface area contributed by atoms with Crippen LogP contribution in [0.4, 0.5) is 18.0 Å². The number of carbonyl (C=O) groups is 1. The highest BCUT2D eigenvalue weighted by molar-refractivity contribution is 5.74. The first-order chi connectivity index (χ1) is 6.87. The second-order valence-corrected chi connectivity index (χ2v) is 4.02. The zero-order chi connectivity index (χ0) is 11.5. The van der Waals surface area contributed by atoms with Crippen LogP contribution in [-0.4, -0.2) is 24.8 Å². The van der Waals surface area contributed by atoms with E-state index in [0.717, 1.165) is 19.3 Å². The van der Waals surface area contributed by atoms with Crippen molar-refractivity contribution in [3.05, 3.63) is 0 Å². The van der Waals surface area contributed by atoms with E-state index in [-0.39, 0.29) is 6.04 Å². The SMILES string of the molecule is CC(CC1CC1)NC(=O)NCC(F)(F)F. The van der Waals surface area contributed by atoms with Gasteiger partial charge in [-0.2, -0.15) is 13.2 Å². The van der Waals surface area contributed by atoms with E-state index in [1.54, 1.807) is 12.2 Å². The standard InChI is InChI=1S/C9H15F3N2O/c1-6(4-7-2-3-7)14-8(15)13-5-9(10,11)12/h6-7H,2-5H2,1H3,(H2,13,14,15). The summed E-state index contributed by atoms with van der Waals surface area (Å²) in [5.74, 6) is 0.642. The molecule has 1 aliphatic rings. The molecule has 2 N–H and O–H groups in total. The summed E-state index contributed by atoms with van der Waals surface area (Å²) in [6, 6.07) is -0.814. The molecule has 1 atom stereocenters. The maximum atomic E-state index is 11.7. The molecule has 1 saturated carbocycles. The van der Waals surface area contributed by atoms with Crippen LogP contribution in [0, 0.1) is 5.92 Å². The number of nitrogens with one attached hydrogen (secondary N) is 2. The van der Waals surface area contributed by atoms with E-state index in [1.165, 1.54) is 0 Å². The Kier molecular flexibility index (Phi) is 3.82. The van der Waals surface area contributed by atoms with E-state index >= 15 is 0 Å². The molecule has 1 aliphatic carbocycles. The van der Waals surface area contributed by atoms with Crippen LogP contribution in [0.15, 0.2) is 0 Å². The minimum absolute atomic E-state index is 0.0641. The van der Waals surface area contributed by atoms with Gasteiger partial charge in [0.05, 0.1) is 0 Å². The van der Waals surface area contributed by atoms with Gasteiger partial charge in [-0.05, 0) is 19.3 Å². The summed E-state index contributed by atoms with van der Waals surface area (Å²) in [5.41, 5.74) is 0. The number of hydrogen-bond donors (Lipinski definition) is 2. The molecule has 15 heavy (non-hydrogen) atoms. The minimum atomic E-state index is -4.35. The summed E-state index contributed by atoms with van der Waals surface area (Å²) in [5, 5.41) is 4.25. The predicted molar refractivity (Wildman–Crippen MR) is 49.4 cm³/mol. The maximum Gasteiger partial charge on any atom is 0.405 e. The maximum absolute atomic E-state index is 11.7. The smallest absolute Gasteiger partial charge is 0.336 e. The Morgan fingerprint density at radius 3 is 2.53 bits per heavy atom. The first-order valence-electron chi connectivity index (χ1n) is 4.98. The molecular weight excluding hydrogens is 209 g/mol. The number of carbonyl (C=O) groups excluding carboxylic acids is 1. The van der Waals surface area contributed by atoms with Crippen LogP contribution < -0.4 is 10.6 Å². The van der Waals surface area contributed by atoms with Crippen LogP contribution in [0.5, 0.6) is 0 Å². The monoisotopic (exact) mass is 224 g/mol. The molecule has 0 aromatic carbocycles. The van der Waals surface area contributed by atoms with Crippen molar-refractivity contribution in [1.82, 2.24) is 10.6 Å². The van der Waals surface area contributed by atoms with Crippen molar-refractivity contribution in [2.75, 3.05) is 6.54 Å². The molecule has 0 aromatic heterocycles. The van der Waals surface area contributed by atoms with Gasteiger partial charge in [-0.3, -0.25) is 0 Å². The van der Waals surface area contributed by atoms with E-state index in [9.17, 15) is 18.0 Å². The first-order valence-corrected chi connectivity index (χ1v) is 4.98. The zero-order valence-corrected chi connectivity index (χ0v) is 8.53. The van der Waals surface area contributed by atoms with Crippen LogP contribution in [0.2, 0.25) is 0 Å². The molecule has 0 bridgehead atoms. The summed E-state index contributed by atoms with van der Waals surface area (Å²) >= 11 is 0. The fraction of sp³-hybridized carbons (Fsp3) is 0.889. The summed E-state index contributed by atoms with van der Waals surface area (Å²) in [6.07, 6.45) is -1.18. The van der Waals surface area contributed by atoms with Crippen LogP contribution >= 0.6 is 0 Å². The number of amides is 2. The fourth-order valence-corrected chi connectivity index (χ4v) is 1.37. The van der Waals surface area contributed by atoms with Crippen molar-refractivity contribution in [2.24, 2.45) is 5.92 Å². The Morgan fingerprint density at radius 2 is 2.07 bits per heavy atom. The third-order valence-corrected chi connectivity index (χ3v) is 2.21.